The van der Waals surface area contributed by atoms with Gasteiger partial charge in [0, 0.05) is 6.04 Å². The molecular formula is C15H18N4O4S2. The Morgan fingerprint density at radius 2 is 2.24 bits per heavy atom. The van der Waals surface area contributed by atoms with Crippen LogP contribution >= 0.6 is 11.8 Å². The van der Waals surface area contributed by atoms with E-state index in [2.05, 4.69) is 15.5 Å². The highest BCUT2D eigenvalue weighted by Crippen LogP contribution is 2.26. The van der Waals surface area contributed by atoms with Crippen LogP contribution in [0.5, 0.6) is 5.75 Å². The molecule has 25 heavy (non-hydrogen) atoms. The summed E-state index contributed by atoms with van der Waals surface area (Å²) in [6.45, 7) is 0. The van der Waals surface area contributed by atoms with E-state index in [4.69, 9.17) is 4.74 Å². The van der Waals surface area contributed by atoms with Gasteiger partial charge < -0.3 is 10.1 Å². The quantitative estimate of drug-likeness (QED) is 0.733. The molecule has 2 aromatic rings. The van der Waals surface area contributed by atoms with Crippen molar-refractivity contribution in [1.29, 1.82) is 0 Å². The third-order valence-electron chi connectivity index (χ3n) is 3.79. The third-order valence-corrected chi connectivity index (χ3v) is 6.50. The van der Waals surface area contributed by atoms with Gasteiger partial charge in [-0.15, -0.1) is 10.2 Å². The van der Waals surface area contributed by atoms with Gasteiger partial charge in [0.2, 0.25) is 5.91 Å². The molecule has 3 rings (SSSR count). The van der Waals surface area contributed by atoms with Gasteiger partial charge in [-0.1, -0.05) is 23.9 Å². The average Bonchev–Trinajstić information content (AvgIpc) is 3.19. The highest BCUT2D eigenvalue weighted by atomic mass is 32.2. The van der Waals surface area contributed by atoms with Crippen LogP contribution in [-0.4, -0.2) is 59.5 Å². The van der Waals surface area contributed by atoms with Gasteiger partial charge in [0.05, 0.1) is 30.1 Å². The summed E-state index contributed by atoms with van der Waals surface area (Å²) in [6.07, 6.45) is 2.03. The second kappa shape index (κ2) is 7.44. The topological polar surface area (TPSA) is 103 Å². The fourth-order valence-electron chi connectivity index (χ4n) is 2.63. The first-order valence-electron chi connectivity index (χ1n) is 7.64. The molecule has 0 radical (unpaired) electrons. The zero-order chi connectivity index (χ0) is 17.9. The van der Waals surface area contributed by atoms with Crippen molar-refractivity contribution in [1.82, 2.24) is 20.1 Å². The summed E-state index contributed by atoms with van der Waals surface area (Å²) in [5, 5.41) is 11.3. The van der Waals surface area contributed by atoms with Gasteiger partial charge in [0.15, 0.2) is 15.0 Å². The Kier molecular flexibility index (Phi) is 5.28. The standard InChI is InChI=1S/C15H18N4O4S2/c1-23-13-5-3-2-4-12(13)19-10-16-18-15(19)24-8-14(20)17-11-6-7-25(21,22)9-11/h2-5,10-11H,6-9H2,1H3,(H,17,20)/t11-/m1/s1. The number of amides is 1. The van der Waals surface area contributed by atoms with Crippen molar-refractivity contribution in [3.63, 3.8) is 0 Å². The number of ether oxygens (including phenoxy) is 1. The van der Waals surface area contributed by atoms with E-state index >= 15 is 0 Å². The van der Waals surface area contributed by atoms with Crippen LogP contribution in [0.1, 0.15) is 6.42 Å². The molecule has 1 fully saturated rings. The zero-order valence-corrected chi connectivity index (χ0v) is 15.2. The molecule has 8 nitrogen and oxygen atoms in total. The minimum atomic E-state index is -3.01. The molecule has 10 heteroatoms. The van der Waals surface area contributed by atoms with Gasteiger partial charge in [0.25, 0.3) is 0 Å². The molecule has 0 bridgehead atoms. The SMILES string of the molecule is COc1ccccc1-n1cnnc1SCC(=O)N[C@@H]1CCS(=O)(=O)C1. The van der Waals surface area contributed by atoms with Crippen LogP contribution in [0.25, 0.3) is 5.69 Å². The van der Waals surface area contributed by atoms with Gasteiger partial charge in [-0.25, -0.2) is 8.42 Å². The van der Waals surface area contributed by atoms with Gasteiger partial charge in [0.1, 0.15) is 12.1 Å². The summed E-state index contributed by atoms with van der Waals surface area (Å²) in [4.78, 5) is 12.1. The Labute approximate surface area is 149 Å². The highest BCUT2D eigenvalue weighted by Gasteiger charge is 2.28. The van der Waals surface area contributed by atoms with Gasteiger partial charge >= 0.3 is 0 Å². The van der Waals surface area contributed by atoms with Gasteiger partial charge in [-0.2, -0.15) is 0 Å². The van der Waals surface area contributed by atoms with Crippen molar-refractivity contribution in [3.05, 3.63) is 30.6 Å². The number of nitrogens with one attached hydrogen (secondary N) is 1. The predicted molar refractivity (Wildman–Crippen MR) is 93.8 cm³/mol. The lowest BCUT2D eigenvalue weighted by molar-refractivity contribution is -0.119. The summed E-state index contributed by atoms with van der Waals surface area (Å²) in [6, 6.07) is 7.14. The first-order valence-corrected chi connectivity index (χ1v) is 10.5. The van der Waals surface area contributed by atoms with Crippen LogP contribution in [-0.2, 0) is 14.6 Å². The minimum Gasteiger partial charge on any atom is -0.495 e. The molecule has 1 amide bonds. The predicted octanol–water partition coefficient (Wildman–Crippen LogP) is 0.671. The van der Waals surface area contributed by atoms with E-state index in [0.29, 0.717) is 17.3 Å². The maximum Gasteiger partial charge on any atom is 0.230 e. The van der Waals surface area contributed by atoms with Gasteiger partial charge in [-0.05, 0) is 18.6 Å². The fraction of sp³-hybridized carbons (Fsp3) is 0.400. The molecule has 0 aliphatic carbocycles. The minimum absolute atomic E-state index is 0.0147. The molecule has 0 spiro atoms. The number of carbonyl (C=O) groups is 1. The number of aromatic nitrogens is 3. The van der Waals surface area contributed by atoms with Crippen LogP contribution in [0.15, 0.2) is 35.7 Å². The number of nitrogens with zero attached hydrogens (tertiary/aromatic N) is 3. The fourth-order valence-corrected chi connectivity index (χ4v) is 5.03. The van der Waals surface area contributed by atoms with Crippen molar-refractivity contribution in [2.45, 2.75) is 17.6 Å². The van der Waals surface area contributed by atoms with E-state index in [-0.39, 0.29) is 29.2 Å². The first-order chi connectivity index (χ1) is 12.0. The molecule has 0 unspecified atom stereocenters. The Morgan fingerprint density at radius 1 is 1.44 bits per heavy atom. The summed E-state index contributed by atoms with van der Waals surface area (Å²) < 4.78 is 30.0. The number of hydrogen-bond acceptors (Lipinski definition) is 7. The number of carbonyl (C=O) groups excluding carboxylic acids is 1. The number of sulfone groups is 1. The van der Waals surface area contributed by atoms with E-state index in [1.54, 1.807) is 18.0 Å². The Hall–Kier alpha value is -2.07. The molecule has 2 heterocycles. The second-order valence-electron chi connectivity index (χ2n) is 5.61. The summed E-state index contributed by atoms with van der Waals surface area (Å²) in [5.41, 5.74) is 0.778. The maximum atomic E-state index is 12.1. The first kappa shape index (κ1) is 17.7. The van der Waals surface area contributed by atoms with Crippen LogP contribution in [0.3, 0.4) is 0 Å². The van der Waals surface area contributed by atoms with Crippen LogP contribution in [0.4, 0.5) is 0 Å². The molecule has 1 atom stereocenters. The molecule has 1 aliphatic heterocycles. The molecule has 1 saturated heterocycles. The van der Waals surface area contributed by atoms with Crippen LogP contribution < -0.4 is 10.1 Å². The molecular weight excluding hydrogens is 364 g/mol. The van der Waals surface area contributed by atoms with Crippen LogP contribution in [0, 0.1) is 0 Å². The van der Waals surface area contributed by atoms with Crippen molar-refractivity contribution in [2.75, 3.05) is 24.4 Å². The average molecular weight is 382 g/mol. The lowest BCUT2D eigenvalue weighted by atomic mass is 10.3. The molecule has 1 aromatic heterocycles. The number of benzene rings is 1. The van der Waals surface area contributed by atoms with E-state index in [0.717, 1.165) is 5.69 Å². The molecule has 1 aliphatic rings. The Balaban J connectivity index is 1.63. The number of methoxy groups -OCH3 is 1. The van der Waals surface area contributed by atoms with Gasteiger partial charge in [-0.3, -0.25) is 9.36 Å². The molecule has 0 saturated carbocycles. The number of rotatable bonds is 6. The number of para-hydroxylation sites is 2. The molecule has 1 N–H and O–H groups in total. The van der Waals surface area contributed by atoms with Crippen molar-refractivity contribution < 1.29 is 17.9 Å². The lowest BCUT2D eigenvalue weighted by Crippen LogP contribution is -2.36. The van der Waals surface area contributed by atoms with Crippen LogP contribution in [0.2, 0.25) is 0 Å². The second-order valence-corrected chi connectivity index (χ2v) is 8.78. The normalized spacial score (nSPS) is 18.8. The lowest BCUT2D eigenvalue weighted by Gasteiger charge is -2.12. The Bertz CT molecular complexity index is 866. The van der Waals surface area contributed by atoms with E-state index in [1.807, 2.05) is 24.3 Å². The van der Waals surface area contributed by atoms with Crippen molar-refractivity contribution in [2.24, 2.45) is 0 Å². The summed E-state index contributed by atoms with van der Waals surface area (Å²) in [7, 11) is -1.43. The molecule has 1 aromatic carbocycles. The smallest absolute Gasteiger partial charge is 0.230 e. The number of hydrogen-bond donors (Lipinski definition) is 1. The zero-order valence-electron chi connectivity index (χ0n) is 13.6. The Morgan fingerprint density at radius 3 is 2.96 bits per heavy atom. The third kappa shape index (κ3) is 4.31. The summed E-state index contributed by atoms with van der Waals surface area (Å²) >= 11 is 1.23. The number of thioether (sulfide) groups is 1. The van der Waals surface area contributed by atoms with Crippen molar-refractivity contribution >= 4 is 27.5 Å². The monoisotopic (exact) mass is 382 g/mol. The van der Waals surface area contributed by atoms with E-state index < -0.39 is 9.84 Å². The highest BCUT2D eigenvalue weighted by molar-refractivity contribution is 7.99. The van der Waals surface area contributed by atoms with Crippen molar-refractivity contribution in [3.8, 4) is 11.4 Å². The largest absolute Gasteiger partial charge is 0.495 e. The van der Waals surface area contributed by atoms with E-state index in [1.165, 1.54) is 11.8 Å². The maximum absolute atomic E-state index is 12.1. The van der Waals surface area contributed by atoms with E-state index in [9.17, 15) is 13.2 Å². The summed E-state index contributed by atoms with van der Waals surface area (Å²) in [5.74, 6) is 0.727. The molecule has 134 valence electrons.